The van der Waals surface area contributed by atoms with E-state index in [4.69, 9.17) is 0 Å². The van der Waals surface area contributed by atoms with Crippen LogP contribution < -0.4 is 5.32 Å². The van der Waals surface area contributed by atoms with Crippen LogP contribution in [0.5, 0.6) is 0 Å². The van der Waals surface area contributed by atoms with Crippen LogP contribution in [0.1, 0.15) is 60.0 Å². The van der Waals surface area contributed by atoms with Gasteiger partial charge < -0.3 is 9.88 Å². The molecule has 0 aliphatic carbocycles. The smallest absolute Gasteiger partial charge is 0.272 e. The Morgan fingerprint density at radius 3 is 2.50 bits per heavy atom. The molecule has 0 bridgehead atoms. The maximum absolute atomic E-state index is 12.9. The molecular formula is C25H30N2O. The first-order chi connectivity index (χ1) is 13.6. The molecule has 1 heterocycles. The molecular weight excluding hydrogens is 344 g/mol. The molecule has 0 fully saturated rings. The molecule has 0 saturated heterocycles. The highest BCUT2D eigenvalue weighted by Gasteiger charge is 2.18. The minimum atomic E-state index is -0.0415. The van der Waals surface area contributed by atoms with Crippen molar-refractivity contribution >= 4 is 11.6 Å². The lowest BCUT2D eigenvalue weighted by atomic mass is 10.1. The number of aryl methyl sites for hydroxylation is 3. The quantitative estimate of drug-likeness (QED) is 0.501. The van der Waals surface area contributed by atoms with Gasteiger partial charge >= 0.3 is 0 Å². The summed E-state index contributed by atoms with van der Waals surface area (Å²) in [5.41, 5.74) is 5.32. The largest absolute Gasteiger partial charge is 0.338 e. The second kappa shape index (κ2) is 9.41. The van der Waals surface area contributed by atoms with Crippen LogP contribution in [0, 0.1) is 6.92 Å². The Morgan fingerprint density at radius 2 is 1.79 bits per heavy atom. The lowest BCUT2D eigenvalue weighted by Crippen LogP contribution is -2.20. The van der Waals surface area contributed by atoms with E-state index in [9.17, 15) is 4.79 Å². The Hall–Kier alpha value is -2.81. The number of carbonyl (C=O) groups is 1. The van der Waals surface area contributed by atoms with Crippen LogP contribution in [-0.4, -0.2) is 10.5 Å². The molecule has 0 aliphatic rings. The van der Waals surface area contributed by atoms with E-state index in [-0.39, 0.29) is 5.91 Å². The first kappa shape index (κ1) is 19.9. The minimum Gasteiger partial charge on any atom is -0.338 e. The van der Waals surface area contributed by atoms with Crippen molar-refractivity contribution in [1.82, 2.24) is 4.57 Å². The van der Waals surface area contributed by atoms with Crippen LogP contribution in [0.2, 0.25) is 0 Å². The van der Waals surface area contributed by atoms with Gasteiger partial charge in [0.05, 0.1) is 0 Å². The number of nitrogens with one attached hydrogen (secondary N) is 1. The number of nitrogens with zero attached hydrogens (tertiary/aromatic N) is 1. The van der Waals surface area contributed by atoms with E-state index in [1.54, 1.807) is 0 Å². The predicted octanol–water partition coefficient (Wildman–Crippen LogP) is 6.20. The van der Waals surface area contributed by atoms with Crippen molar-refractivity contribution in [1.29, 1.82) is 0 Å². The van der Waals surface area contributed by atoms with E-state index in [0.717, 1.165) is 42.6 Å². The van der Waals surface area contributed by atoms with E-state index in [1.165, 1.54) is 11.3 Å². The number of amides is 1. The van der Waals surface area contributed by atoms with Gasteiger partial charge in [-0.15, -0.1) is 0 Å². The number of anilines is 1. The first-order valence-electron chi connectivity index (χ1n) is 10.2. The summed E-state index contributed by atoms with van der Waals surface area (Å²) in [6, 6.07) is 22.9. The van der Waals surface area contributed by atoms with Gasteiger partial charge in [0.15, 0.2) is 0 Å². The molecule has 2 aromatic carbocycles. The zero-order chi connectivity index (χ0) is 19.9. The molecule has 3 heteroatoms. The van der Waals surface area contributed by atoms with Crippen molar-refractivity contribution in [2.45, 2.75) is 52.5 Å². The van der Waals surface area contributed by atoms with Crippen molar-refractivity contribution in [3.05, 3.63) is 89.2 Å². The molecule has 0 aliphatic heterocycles. The van der Waals surface area contributed by atoms with Crippen LogP contribution in [0.4, 0.5) is 5.69 Å². The maximum atomic E-state index is 12.9. The number of aromatic nitrogens is 1. The summed E-state index contributed by atoms with van der Waals surface area (Å²) in [6.07, 6.45) is 4.09. The molecule has 1 amide bonds. The van der Waals surface area contributed by atoms with E-state index >= 15 is 0 Å². The van der Waals surface area contributed by atoms with Crippen molar-refractivity contribution in [2.75, 3.05) is 5.32 Å². The summed E-state index contributed by atoms with van der Waals surface area (Å²) in [5.74, 6) is -0.0415. The van der Waals surface area contributed by atoms with Gasteiger partial charge in [-0.3, -0.25) is 4.79 Å². The highest BCUT2D eigenvalue weighted by atomic mass is 16.1. The second-order valence-electron chi connectivity index (χ2n) is 7.50. The maximum Gasteiger partial charge on any atom is 0.272 e. The first-order valence-corrected chi connectivity index (χ1v) is 10.2. The SMILES string of the molecule is CC[C@H](C)n1c(CCCc2ccccc2)ccc1C(=O)Nc1cccc(C)c1. The van der Waals surface area contributed by atoms with Crippen molar-refractivity contribution < 1.29 is 4.79 Å². The topological polar surface area (TPSA) is 34.0 Å². The highest BCUT2D eigenvalue weighted by Crippen LogP contribution is 2.22. The third kappa shape index (κ3) is 4.92. The Bertz CT molecular complexity index is 911. The number of hydrogen-bond donors (Lipinski definition) is 1. The van der Waals surface area contributed by atoms with Crippen LogP contribution in [-0.2, 0) is 12.8 Å². The molecule has 3 nitrogen and oxygen atoms in total. The number of benzene rings is 2. The van der Waals surface area contributed by atoms with Gasteiger partial charge in [0.1, 0.15) is 5.69 Å². The van der Waals surface area contributed by atoms with Crippen LogP contribution in [0.15, 0.2) is 66.7 Å². The lowest BCUT2D eigenvalue weighted by molar-refractivity contribution is 0.101. The Labute approximate surface area is 168 Å². The zero-order valence-electron chi connectivity index (χ0n) is 17.1. The van der Waals surface area contributed by atoms with Crippen molar-refractivity contribution in [3.63, 3.8) is 0 Å². The summed E-state index contributed by atoms with van der Waals surface area (Å²) in [5, 5.41) is 3.05. The molecule has 0 saturated carbocycles. The summed E-state index contributed by atoms with van der Waals surface area (Å²) in [6.45, 7) is 6.38. The van der Waals surface area contributed by atoms with Crippen LogP contribution in [0.25, 0.3) is 0 Å². The van der Waals surface area contributed by atoms with E-state index in [2.05, 4.69) is 60.1 Å². The number of carbonyl (C=O) groups excluding carboxylic acids is 1. The molecule has 1 aromatic heterocycles. The summed E-state index contributed by atoms with van der Waals surface area (Å²) in [7, 11) is 0. The molecule has 1 N–H and O–H groups in total. The molecule has 0 spiro atoms. The summed E-state index contributed by atoms with van der Waals surface area (Å²) >= 11 is 0. The van der Waals surface area contributed by atoms with Gasteiger partial charge in [-0.1, -0.05) is 49.4 Å². The third-order valence-corrected chi connectivity index (χ3v) is 5.28. The molecule has 3 aromatic rings. The van der Waals surface area contributed by atoms with E-state index in [0.29, 0.717) is 6.04 Å². The molecule has 1 atom stereocenters. The molecule has 0 radical (unpaired) electrons. The van der Waals surface area contributed by atoms with Crippen molar-refractivity contribution in [3.8, 4) is 0 Å². The van der Waals surface area contributed by atoms with Gasteiger partial charge in [0, 0.05) is 17.4 Å². The Balaban J connectivity index is 1.74. The highest BCUT2D eigenvalue weighted by molar-refractivity contribution is 6.03. The van der Waals surface area contributed by atoms with E-state index < -0.39 is 0 Å². The Morgan fingerprint density at radius 1 is 1.00 bits per heavy atom. The average molecular weight is 375 g/mol. The molecule has 146 valence electrons. The van der Waals surface area contributed by atoms with Gasteiger partial charge in [0.25, 0.3) is 5.91 Å². The number of rotatable bonds is 8. The summed E-state index contributed by atoms with van der Waals surface area (Å²) in [4.78, 5) is 12.9. The standard InChI is InChI=1S/C25H30N2O/c1-4-20(3)27-23(15-9-13-21-11-6-5-7-12-21)16-17-24(27)25(28)26-22-14-8-10-19(2)18-22/h5-8,10-12,14,16-18,20H,4,9,13,15H2,1-3H3,(H,26,28)/t20-/m0/s1. The van der Waals surface area contributed by atoms with Gasteiger partial charge in [-0.2, -0.15) is 0 Å². The fourth-order valence-electron chi connectivity index (χ4n) is 3.62. The number of hydrogen-bond acceptors (Lipinski definition) is 1. The predicted molar refractivity (Wildman–Crippen MR) is 117 cm³/mol. The minimum absolute atomic E-state index is 0.0415. The van der Waals surface area contributed by atoms with Gasteiger partial charge in [-0.05, 0) is 74.9 Å². The monoisotopic (exact) mass is 374 g/mol. The average Bonchev–Trinajstić information content (AvgIpc) is 3.12. The normalized spacial score (nSPS) is 12.0. The lowest BCUT2D eigenvalue weighted by Gasteiger charge is -2.19. The van der Waals surface area contributed by atoms with E-state index in [1.807, 2.05) is 37.3 Å². The fraction of sp³-hybridized carbons (Fsp3) is 0.320. The molecule has 0 unspecified atom stereocenters. The third-order valence-electron chi connectivity index (χ3n) is 5.28. The zero-order valence-corrected chi connectivity index (χ0v) is 17.1. The molecule has 28 heavy (non-hydrogen) atoms. The van der Waals surface area contributed by atoms with Crippen LogP contribution >= 0.6 is 0 Å². The van der Waals surface area contributed by atoms with Gasteiger partial charge in [-0.25, -0.2) is 0 Å². The summed E-state index contributed by atoms with van der Waals surface area (Å²) < 4.78 is 2.22. The molecule has 3 rings (SSSR count). The second-order valence-corrected chi connectivity index (χ2v) is 7.50. The van der Waals surface area contributed by atoms with Crippen LogP contribution in [0.3, 0.4) is 0 Å². The van der Waals surface area contributed by atoms with Crippen molar-refractivity contribution in [2.24, 2.45) is 0 Å². The van der Waals surface area contributed by atoms with Gasteiger partial charge in [0.2, 0.25) is 0 Å². The fourth-order valence-corrected chi connectivity index (χ4v) is 3.62. The Kier molecular flexibility index (Phi) is 6.70.